The minimum Gasteiger partial charge on any atom is -0.447 e. The Bertz CT molecular complexity index is 397. The van der Waals surface area contributed by atoms with Gasteiger partial charge in [0.2, 0.25) is 6.10 Å². The van der Waals surface area contributed by atoms with Crippen LogP contribution in [0.5, 0.6) is 0 Å². The summed E-state index contributed by atoms with van der Waals surface area (Å²) in [6, 6.07) is 3.50. The lowest BCUT2D eigenvalue weighted by molar-refractivity contribution is -0.122. The van der Waals surface area contributed by atoms with Gasteiger partial charge in [0.05, 0.1) is 0 Å². The standard InChI is InChI=1S/C9H9N3O2/c1-5-2-3-6(4-11-5)7-8(13)12-9(10)14-7/h2-4,7H,1H3,(H2,10,12,13). The fourth-order valence-corrected chi connectivity index (χ4v) is 1.21. The molecule has 0 fully saturated rings. The highest BCUT2D eigenvalue weighted by molar-refractivity contribution is 5.98. The molecule has 0 radical (unpaired) electrons. The molecule has 1 aliphatic heterocycles. The van der Waals surface area contributed by atoms with Crippen molar-refractivity contribution in [2.75, 3.05) is 0 Å². The maximum Gasteiger partial charge on any atom is 0.296 e. The highest BCUT2D eigenvalue weighted by Crippen LogP contribution is 2.22. The van der Waals surface area contributed by atoms with Gasteiger partial charge in [-0.15, -0.1) is 0 Å². The molecule has 2 heterocycles. The summed E-state index contributed by atoms with van der Waals surface area (Å²) >= 11 is 0. The average Bonchev–Trinajstić information content (AvgIpc) is 2.47. The van der Waals surface area contributed by atoms with Crippen LogP contribution in [0.25, 0.3) is 0 Å². The van der Waals surface area contributed by atoms with Crippen LogP contribution in [-0.4, -0.2) is 16.9 Å². The maximum atomic E-state index is 11.2. The van der Waals surface area contributed by atoms with E-state index in [0.717, 1.165) is 5.69 Å². The number of nitrogens with zero attached hydrogens (tertiary/aromatic N) is 2. The van der Waals surface area contributed by atoms with Gasteiger partial charge in [0.1, 0.15) is 0 Å². The predicted octanol–water partition coefficient (Wildman–Crippen LogP) is 0.303. The first kappa shape index (κ1) is 8.68. The molecule has 2 N–H and O–H groups in total. The molecule has 1 aromatic heterocycles. The zero-order valence-electron chi connectivity index (χ0n) is 7.60. The Hall–Kier alpha value is -1.91. The quantitative estimate of drug-likeness (QED) is 0.692. The molecule has 1 aliphatic rings. The topological polar surface area (TPSA) is 77.6 Å². The molecule has 1 aromatic rings. The van der Waals surface area contributed by atoms with Crippen LogP contribution in [0.1, 0.15) is 17.4 Å². The zero-order valence-corrected chi connectivity index (χ0v) is 7.60. The van der Waals surface area contributed by atoms with Crippen molar-refractivity contribution in [2.45, 2.75) is 13.0 Å². The number of nitrogens with two attached hydrogens (primary N) is 1. The van der Waals surface area contributed by atoms with Crippen LogP contribution in [-0.2, 0) is 9.53 Å². The zero-order chi connectivity index (χ0) is 10.1. The van der Waals surface area contributed by atoms with Gasteiger partial charge in [0.15, 0.2) is 0 Å². The number of ether oxygens (including phenoxy) is 1. The number of aromatic nitrogens is 1. The van der Waals surface area contributed by atoms with Gasteiger partial charge in [-0.05, 0) is 13.0 Å². The molecule has 1 atom stereocenters. The highest BCUT2D eigenvalue weighted by atomic mass is 16.5. The first-order chi connectivity index (χ1) is 6.66. The summed E-state index contributed by atoms with van der Waals surface area (Å²) in [6.45, 7) is 1.87. The van der Waals surface area contributed by atoms with E-state index in [-0.39, 0.29) is 11.9 Å². The van der Waals surface area contributed by atoms with E-state index >= 15 is 0 Å². The number of pyridine rings is 1. The van der Waals surface area contributed by atoms with Gasteiger partial charge in [-0.2, -0.15) is 4.99 Å². The van der Waals surface area contributed by atoms with Crippen molar-refractivity contribution in [3.8, 4) is 0 Å². The van der Waals surface area contributed by atoms with Crippen molar-refractivity contribution in [3.05, 3.63) is 29.6 Å². The molecule has 0 spiro atoms. The Labute approximate surface area is 80.6 Å². The second-order valence-corrected chi connectivity index (χ2v) is 3.02. The first-order valence-corrected chi connectivity index (χ1v) is 4.14. The lowest BCUT2D eigenvalue weighted by atomic mass is 10.1. The van der Waals surface area contributed by atoms with Crippen LogP contribution in [0.15, 0.2) is 23.3 Å². The third kappa shape index (κ3) is 1.44. The van der Waals surface area contributed by atoms with E-state index in [2.05, 4.69) is 9.98 Å². The van der Waals surface area contributed by atoms with Crippen molar-refractivity contribution in [2.24, 2.45) is 10.7 Å². The molecule has 0 saturated carbocycles. The van der Waals surface area contributed by atoms with Gasteiger partial charge in [-0.25, -0.2) is 0 Å². The Morgan fingerprint density at radius 3 is 2.79 bits per heavy atom. The van der Waals surface area contributed by atoms with Crippen molar-refractivity contribution >= 4 is 11.9 Å². The number of rotatable bonds is 1. The lowest BCUT2D eigenvalue weighted by Crippen LogP contribution is -2.14. The van der Waals surface area contributed by atoms with Gasteiger partial charge >= 0.3 is 0 Å². The summed E-state index contributed by atoms with van der Waals surface area (Å²) in [6.07, 6.45) is 0.870. The largest absolute Gasteiger partial charge is 0.447 e. The van der Waals surface area contributed by atoms with E-state index in [1.54, 1.807) is 18.3 Å². The van der Waals surface area contributed by atoms with E-state index in [0.29, 0.717) is 5.56 Å². The van der Waals surface area contributed by atoms with Crippen LogP contribution >= 0.6 is 0 Å². The van der Waals surface area contributed by atoms with Crippen LogP contribution in [0.4, 0.5) is 0 Å². The maximum absolute atomic E-state index is 11.2. The number of carbonyl (C=O) groups excluding carboxylic acids is 1. The second kappa shape index (κ2) is 3.10. The number of aryl methyl sites for hydroxylation is 1. The third-order valence-corrected chi connectivity index (χ3v) is 1.92. The van der Waals surface area contributed by atoms with Crippen LogP contribution in [0.3, 0.4) is 0 Å². The van der Waals surface area contributed by atoms with Gasteiger partial charge in [0, 0.05) is 17.5 Å². The SMILES string of the molecule is Cc1ccc(C2OC(N)=NC2=O)cn1. The molecule has 0 saturated heterocycles. The molecular formula is C9H9N3O2. The summed E-state index contributed by atoms with van der Waals surface area (Å²) in [7, 11) is 0. The molecule has 72 valence electrons. The monoisotopic (exact) mass is 191 g/mol. The fourth-order valence-electron chi connectivity index (χ4n) is 1.21. The molecular weight excluding hydrogens is 182 g/mol. The minimum atomic E-state index is -0.719. The van der Waals surface area contributed by atoms with Crippen molar-refractivity contribution in [1.82, 2.24) is 4.98 Å². The van der Waals surface area contributed by atoms with Gasteiger partial charge in [-0.1, -0.05) is 6.07 Å². The smallest absolute Gasteiger partial charge is 0.296 e. The number of aliphatic imine (C=N–C) groups is 1. The van der Waals surface area contributed by atoms with E-state index < -0.39 is 6.10 Å². The molecule has 1 unspecified atom stereocenters. The number of amidine groups is 1. The van der Waals surface area contributed by atoms with Crippen LogP contribution in [0.2, 0.25) is 0 Å². The summed E-state index contributed by atoms with van der Waals surface area (Å²) < 4.78 is 5.04. The molecule has 0 aliphatic carbocycles. The molecule has 2 rings (SSSR count). The van der Waals surface area contributed by atoms with Crippen LogP contribution < -0.4 is 5.73 Å². The number of hydrogen-bond donors (Lipinski definition) is 1. The van der Waals surface area contributed by atoms with Crippen molar-refractivity contribution in [3.63, 3.8) is 0 Å². The Morgan fingerprint density at radius 1 is 1.50 bits per heavy atom. The van der Waals surface area contributed by atoms with E-state index in [1.807, 2.05) is 6.92 Å². The summed E-state index contributed by atoms with van der Waals surface area (Å²) in [5.41, 5.74) is 6.82. The highest BCUT2D eigenvalue weighted by Gasteiger charge is 2.29. The molecule has 0 aromatic carbocycles. The third-order valence-electron chi connectivity index (χ3n) is 1.92. The fraction of sp³-hybridized carbons (Fsp3) is 0.222. The first-order valence-electron chi connectivity index (χ1n) is 4.14. The second-order valence-electron chi connectivity index (χ2n) is 3.02. The van der Waals surface area contributed by atoms with Crippen molar-refractivity contribution < 1.29 is 9.53 Å². The number of carbonyl (C=O) groups is 1. The molecule has 0 bridgehead atoms. The summed E-state index contributed by atoms with van der Waals surface area (Å²) in [5, 5.41) is 0. The summed E-state index contributed by atoms with van der Waals surface area (Å²) in [4.78, 5) is 18.8. The average molecular weight is 191 g/mol. The summed E-state index contributed by atoms with van der Waals surface area (Å²) in [5.74, 6) is -0.381. The van der Waals surface area contributed by atoms with E-state index in [4.69, 9.17) is 10.5 Å². The number of amides is 1. The van der Waals surface area contributed by atoms with E-state index in [9.17, 15) is 4.79 Å². The predicted molar refractivity (Wildman–Crippen MR) is 49.4 cm³/mol. The molecule has 14 heavy (non-hydrogen) atoms. The number of hydrogen-bond acceptors (Lipinski definition) is 4. The van der Waals surface area contributed by atoms with Crippen molar-refractivity contribution in [1.29, 1.82) is 0 Å². The lowest BCUT2D eigenvalue weighted by Gasteiger charge is -2.07. The van der Waals surface area contributed by atoms with Gasteiger partial charge in [0.25, 0.3) is 11.9 Å². The van der Waals surface area contributed by atoms with Gasteiger partial charge < -0.3 is 10.5 Å². The molecule has 1 amide bonds. The molecule has 5 nitrogen and oxygen atoms in total. The van der Waals surface area contributed by atoms with Gasteiger partial charge in [-0.3, -0.25) is 9.78 Å². The van der Waals surface area contributed by atoms with E-state index in [1.165, 1.54) is 0 Å². The Balaban J connectivity index is 2.26. The normalized spacial score (nSPS) is 20.5. The molecule has 5 heteroatoms. The van der Waals surface area contributed by atoms with Crippen LogP contribution in [0, 0.1) is 6.92 Å². The Morgan fingerprint density at radius 2 is 2.29 bits per heavy atom. The minimum absolute atomic E-state index is 0.0828. The Kier molecular flexibility index (Phi) is 1.92.